The van der Waals surface area contributed by atoms with E-state index in [0.29, 0.717) is 16.6 Å². The van der Waals surface area contributed by atoms with Crippen LogP contribution in [-0.4, -0.2) is 26.3 Å². The first-order chi connectivity index (χ1) is 8.28. The maximum absolute atomic E-state index is 8.50. The Morgan fingerprint density at radius 2 is 1.44 bits per heavy atom. The van der Waals surface area contributed by atoms with Gasteiger partial charge in [-0.15, -0.1) is 5.16 Å². The van der Waals surface area contributed by atoms with Crippen LogP contribution in [-0.2, 0) is 4.43 Å². The fourth-order valence-electron chi connectivity index (χ4n) is 3.11. The quantitative estimate of drug-likeness (QED) is 0.302. The highest BCUT2D eigenvalue weighted by Gasteiger charge is 2.44. The second-order valence-electron chi connectivity index (χ2n) is 6.20. The highest BCUT2D eigenvalue weighted by molar-refractivity contribution is 6.77. The van der Waals surface area contributed by atoms with Gasteiger partial charge in [0.15, 0.2) is 8.32 Å². The number of rotatable bonds is 8. The average Bonchev–Trinajstić information content (AvgIpc) is 2.23. The predicted molar refractivity (Wildman–Crippen MR) is 81.1 cm³/mol. The summed E-state index contributed by atoms with van der Waals surface area (Å²) in [4.78, 5) is 0. The lowest BCUT2D eigenvalue weighted by molar-refractivity contribution is 0.262. The van der Waals surface area contributed by atoms with Crippen molar-refractivity contribution in [1.82, 2.24) is 0 Å². The Balaban J connectivity index is 4.61. The molecule has 0 heterocycles. The minimum absolute atomic E-state index is 0.271. The Kier molecular flexibility index (Phi) is 7.79. The van der Waals surface area contributed by atoms with E-state index < -0.39 is 8.32 Å². The second-order valence-corrected chi connectivity index (χ2v) is 11.7. The van der Waals surface area contributed by atoms with Crippen LogP contribution in [0.15, 0.2) is 5.16 Å². The number of nitrogens with zero attached hydrogens (tertiary/aromatic N) is 1. The molecular formula is C14H31NO2Si. The van der Waals surface area contributed by atoms with Gasteiger partial charge in [0, 0.05) is 12.8 Å². The first-order valence-corrected chi connectivity index (χ1v) is 9.24. The van der Waals surface area contributed by atoms with Gasteiger partial charge >= 0.3 is 0 Å². The Labute approximate surface area is 114 Å². The van der Waals surface area contributed by atoms with Gasteiger partial charge in [-0.1, -0.05) is 48.5 Å². The van der Waals surface area contributed by atoms with Crippen LogP contribution in [0.4, 0.5) is 0 Å². The molecular weight excluding hydrogens is 242 g/mol. The molecule has 0 aromatic rings. The molecule has 0 saturated carbocycles. The maximum Gasteiger partial charge on any atom is 0.200 e. The van der Waals surface area contributed by atoms with E-state index in [0.717, 1.165) is 13.0 Å². The molecule has 0 aromatic heterocycles. The highest BCUT2D eigenvalue weighted by atomic mass is 28.4. The largest absolute Gasteiger partial charge is 0.416 e. The third-order valence-electron chi connectivity index (χ3n) is 3.95. The predicted octanol–water partition coefficient (Wildman–Crippen LogP) is 4.66. The average molecular weight is 273 g/mol. The van der Waals surface area contributed by atoms with Gasteiger partial charge in [-0.2, -0.15) is 0 Å². The smallest absolute Gasteiger partial charge is 0.200 e. The van der Waals surface area contributed by atoms with Crippen molar-refractivity contribution in [2.45, 2.75) is 71.5 Å². The van der Waals surface area contributed by atoms with Crippen LogP contribution in [0.25, 0.3) is 0 Å². The van der Waals surface area contributed by atoms with Gasteiger partial charge < -0.3 is 9.63 Å². The Bertz CT molecular complexity index is 230. The molecule has 0 aliphatic carbocycles. The van der Waals surface area contributed by atoms with Crippen molar-refractivity contribution in [2.75, 3.05) is 6.61 Å². The molecule has 4 heteroatoms. The Morgan fingerprint density at radius 3 is 1.78 bits per heavy atom. The molecule has 0 bridgehead atoms. The van der Waals surface area contributed by atoms with Crippen LogP contribution in [0.5, 0.6) is 0 Å². The van der Waals surface area contributed by atoms with Gasteiger partial charge in [-0.3, -0.25) is 0 Å². The summed E-state index contributed by atoms with van der Waals surface area (Å²) < 4.78 is 6.43. The monoisotopic (exact) mass is 273 g/mol. The highest BCUT2D eigenvalue weighted by Crippen LogP contribution is 2.42. The van der Waals surface area contributed by atoms with Crippen LogP contribution < -0.4 is 0 Å². The molecule has 3 nitrogen and oxygen atoms in total. The molecule has 0 unspecified atom stereocenters. The summed E-state index contributed by atoms with van der Waals surface area (Å²) in [6.07, 6.45) is 2.50. The third kappa shape index (κ3) is 4.39. The number of hydrogen-bond acceptors (Lipinski definition) is 3. The molecule has 0 spiro atoms. The zero-order valence-corrected chi connectivity index (χ0v) is 14.1. The van der Waals surface area contributed by atoms with Crippen molar-refractivity contribution in [3.05, 3.63) is 0 Å². The van der Waals surface area contributed by atoms with Crippen molar-refractivity contribution in [3.63, 3.8) is 0 Å². The Morgan fingerprint density at radius 1 is 1.00 bits per heavy atom. The van der Waals surface area contributed by atoms with Crippen LogP contribution in [0.2, 0.25) is 16.6 Å². The number of hydrogen-bond donors (Lipinski definition) is 1. The molecule has 1 atom stereocenters. The molecule has 0 saturated heterocycles. The SMILES string of the molecule is CC(C)[Si](OCC[C@H](C)/C=N/O)(C(C)C)C(C)C. The van der Waals surface area contributed by atoms with Crippen molar-refractivity contribution >= 4 is 14.5 Å². The van der Waals surface area contributed by atoms with Crippen LogP contribution in [0, 0.1) is 5.92 Å². The molecule has 18 heavy (non-hydrogen) atoms. The van der Waals surface area contributed by atoms with Gasteiger partial charge in [0.05, 0.1) is 0 Å². The van der Waals surface area contributed by atoms with Crippen molar-refractivity contribution in [1.29, 1.82) is 0 Å². The third-order valence-corrected chi connectivity index (χ3v) is 10.1. The summed E-state index contributed by atoms with van der Waals surface area (Å²) in [5.41, 5.74) is 1.87. The second kappa shape index (κ2) is 7.95. The molecule has 108 valence electrons. The summed E-state index contributed by atoms with van der Waals surface area (Å²) in [5, 5.41) is 11.6. The van der Waals surface area contributed by atoms with Gasteiger partial charge in [0.2, 0.25) is 0 Å². The standard InChI is InChI=1S/C14H31NO2Si/c1-11(2)18(12(3)4,13(5)6)17-9-8-14(7)10-15-16/h10-14,16H,8-9H2,1-7H3/b15-10+/t14-/m0/s1. The van der Waals surface area contributed by atoms with E-state index >= 15 is 0 Å². The zero-order valence-electron chi connectivity index (χ0n) is 13.1. The van der Waals surface area contributed by atoms with Crippen molar-refractivity contribution in [2.24, 2.45) is 11.1 Å². The Hall–Kier alpha value is -0.353. The summed E-state index contributed by atoms with van der Waals surface area (Å²) in [7, 11) is -1.72. The maximum atomic E-state index is 8.50. The van der Waals surface area contributed by atoms with Crippen molar-refractivity contribution < 1.29 is 9.63 Å². The normalized spacial score (nSPS) is 15.2. The lowest BCUT2D eigenvalue weighted by atomic mass is 10.1. The van der Waals surface area contributed by atoms with E-state index in [1.165, 1.54) is 0 Å². The van der Waals surface area contributed by atoms with E-state index in [2.05, 4.69) is 46.7 Å². The van der Waals surface area contributed by atoms with E-state index in [9.17, 15) is 0 Å². The lowest BCUT2D eigenvalue weighted by Gasteiger charge is -2.42. The molecule has 0 fully saturated rings. The molecule has 0 radical (unpaired) electrons. The van der Waals surface area contributed by atoms with Crippen molar-refractivity contribution in [3.8, 4) is 0 Å². The van der Waals surface area contributed by atoms with Crippen LogP contribution in [0.3, 0.4) is 0 Å². The molecule has 0 aromatic carbocycles. The molecule has 0 amide bonds. The first-order valence-electron chi connectivity index (χ1n) is 7.10. The van der Waals surface area contributed by atoms with E-state index in [4.69, 9.17) is 9.63 Å². The minimum Gasteiger partial charge on any atom is -0.416 e. The van der Waals surface area contributed by atoms with Gasteiger partial charge in [-0.25, -0.2) is 0 Å². The van der Waals surface area contributed by atoms with Gasteiger partial charge in [0.1, 0.15) is 0 Å². The summed E-state index contributed by atoms with van der Waals surface area (Å²) in [6, 6.07) is 0. The minimum atomic E-state index is -1.72. The molecule has 1 N–H and O–H groups in total. The lowest BCUT2D eigenvalue weighted by Crippen LogP contribution is -2.48. The summed E-state index contributed by atoms with van der Waals surface area (Å²) >= 11 is 0. The topological polar surface area (TPSA) is 41.8 Å². The van der Waals surface area contributed by atoms with E-state index in [-0.39, 0.29) is 5.92 Å². The fourth-order valence-corrected chi connectivity index (χ4v) is 8.58. The molecule has 0 aliphatic heterocycles. The summed E-state index contributed by atoms with van der Waals surface area (Å²) in [6.45, 7) is 16.6. The molecule has 0 aliphatic rings. The van der Waals surface area contributed by atoms with Gasteiger partial charge in [-0.05, 0) is 29.0 Å². The molecule has 0 rings (SSSR count). The zero-order chi connectivity index (χ0) is 14.3. The summed E-state index contributed by atoms with van der Waals surface area (Å²) in [5.74, 6) is 0.271. The van der Waals surface area contributed by atoms with Crippen LogP contribution in [0.1, 0.15) is 54.9 Å². The van der Waals surface area contributed by atoms with Crippen LogP contribution >= 0.6 is 0 Å². The fraction of sp³-hybridized carbons (Fsp3) is 0.929. The van der Waals surface area contributed by atoms with Gasteiger partial charge in [0.25, 0.3) is 0 Å². The first kappa shape index (κ1) is 17.6. The number of oxime groups is 1. The van der Waals surface area contributed by atoms with E-state index in [1.54, 1.807) is 6.21 Å². The van der Waals surface area contributed by atoms with E-state index in [1.807, 2.05) is 6.92 Å².